The largest absolute Gasteiger partial charge is 0.462 e. The molecule has 6 heteroatoms. The van der Waals surface area contributed by atoms with Crippen LogP contribution >= 0.6 is 0 Å². The quantitative estimate of drug-likeness (QED) is 0.0383. The lowest BCUT2D eigenvalue weighted by Gasteiger charge is -2.16. The summed E-state index contributed by atoms with van der Waals surface area (Å²) in [5.41, 5.74) is 0. The van der Waals surface area contributed by atoms with Crippen LogP contribution in [0.5, 0.6) is 0 Å². The van der Waals surface area contributed by atoms with E-state index >= 15 is 0 Å². The van der Waals surface area contributed by atoms with Crippen molar-refractivity contribution in [3.63, 3.8) is 0 Å². The maximum atomic E-state index is 12.1. The van der Waals surface area contributed by atoms with E-state index in [9.17, 15) is 19.8 Å². The van der Waals surface area contributed by atoms with Gasteiger partial charge in [0.05, 0.1) is 12.7 Å². The number of ether oxygens (including phenoxy) is 2. The van der Waals surface area contributed by atoms with Crippen LogP contribution in [0.3, 0.4) is 0 Å². The molecule has 0 aliphatic rings. The summed E-state index contributed by atoms with van der Waals surface area (Å²) >= 11 is 0. The third-order valence-electron chi connectivity index (χ3n) is 7.16. The molecule has 0 fully saturated rings. The fourth-order valence-corrected chi connectivity index (χ4v) is 4.49. The first-order chi connectivity index (χ1) is 20.9. The highest BCUT2D eigenvalue weighted by Gasteiger charge is 2.16. The first-order valence-corrected chi connectivity index (χ1v) is 17.2. The predicted molar refractivity (Wildman–Crippen MR) is 179 cm³/mol. The monoisotopic (exact) mass is 604 g/mol. The molecule has 0 saturated heterocycles. The molecule has 0 aliphatic carbocycles. The average molecular weight is 605 g/mol. The van der Waals surface area contributed by atoms with Crippen molar-refractivity contribution in [3.05, 3.63) is 48.6 Å². The molecule has 0 amide bonds. The maximum Gasteiger partial charge on any atom is 0.306 e. The summed E-state index contributed by atoms with van der Waals surface area (Å²) < 4.78 is 10.4. The van der Waals surface area contributed by atoms with Gasteiger partial charge in [-0.2, -0.15) is 0 Å². The van der Waals surface area contributed by atoms with E-state index in [1.807, 2.05) is 18.2 Å². The van der Waals surface area contributed by atoms with Gasteiger partial charge in [-0.3, -0.25) is 9.59 Å². The molecular formula is C37H64O6. The van der Waals surface area contributed by atoms with Gasteiger partial charge in [0.25, 0.3) is 0 Å². The van der Waals surface area contributed by atoms with Gasteiger partial charge in [-0.25, -0.2) is 0 Å². The van der Waals surface area contributed by atoms with Gasteiger partial charge in [0.1, 0.15) is 6.61 Å². The molecule has 0 bridgehead atoms. The van der Waals surface area contributed by atoms with Gasteiger partial charge in [0, 0.05) is 12.8 Å². The van der Waals surface area contributed by atoms with Crippen molar-refractivity contribution in [3.8, 4) is 0 Å². The Balaban J connectivity index is 3.84. The van der Waals surface area contributed by atoms with E-state index < -0.39 is 24.8 Å². The summed E-state index contributed by atoms with van der Waals surface area (Å²) in [7, 11) is 0. The minimum atomic E-state index is -0.863. The Morgan fingerprint density at radius 3 is 2.00 bits per heavy atom. The number of unbranched alkanes of at least 4 members (excludes halogenated alkanes) is 10. The lowest BCUT2D eigenvalue weighted by molar-refractivity contribution is -0.161. The van der Waals surface area contributed by atoms with Crippen LogP contribution in [0.4, 0.5) is 0 Å². The van der Waals surface area contributed by atoms with Crippen molar-refractivity contribution in [1.29, 1.82) is 0 Å². The van der Waals surface area contributed by atoms with Crippen molar-refractivity contribution in [2.75, 3.05) is 13.2 Å². The summed E-state index contributed by atoms with van der Waals surface area (Å²) in [6, 6.07) is 0. The SMILES string of the molecule is CCCCC/C=C\C/C=C\C/C=C\C=C\[C@H](O)CCCC(=O)O[C@@H](CO)COC(=O)CCCCCCCCCCC(C)C. The van der Waals surface area contributed by atoms with Crippen molar-refractivity contribution in [2.45, 2.75) is 155 Å². The molecule has 6 nitrogen and oxygen atoms in total. The van der Waals surface area contributed by atoms with E-state index in [1.165, 1.54) is 57.8 Å². The van der Waals surface area contributed by atoms with Gasteiger partial charge in [0.2, 0.25) is 0 Å². The first kappa shape index (κ1) is 40.8. The third-order valence-corrected chi connectivity index (χ3v) is 7.16. The smallest absolute Gasteiger partial charge is 0.306 e. The predicted octanol–water partition coefficient (Wildman–Crippen LogP) is 9.11. The van der Waals surface area contributed by atoms with Gasteiger partial charge >= 0.3 is 11.9 Å². The summed E-state index contributed by atoms with van der Waals surface area (Å²) in [4.78, 5) is 24.1. The normalized spacial score (nSPS) is 13.6. The molecule has 0 radical (unpaired) electrons. The van der Waals surface area contributed by atoms with E-state index in [0.717, 1.165) is 44.4 Å². The number of aliphatic hydroxyl groups is 2. The minimum Gasteiger partial charge on any atom is -0.462 e. The summed E-state index contributed by atoms with van der Waals surface area (Å²) in [6.45, 7) is 6.21. The number of allylic oxidation sites excluding steroid dienone is 7. The highest BCUT2D eigenvalue weighted by molar-refractivity contribution is 5.70. The molecule has 0 saturated carbocycles. The standard InChI is InChI=1S/C37H64O6/c1-4-5-6-7-8-9-10-11-12-13-17-20-23-27-34(39)28-25-30-37(41)43-35(31-38)32-42-36(40)29-24-21-18-15-14-16-19-22-26-33(2)3/h8-9,11-12,17,20,23,27,33-35,38-39H,4-7,10,13-16,18-19,21-22,24-26,28-32H2,1-3H3/b9-8-,12-11-,20-17-,27-23+/t34-,35-/m0/s1. The number of hydrogen-bond donors (Lipinski definition) is 2. The van der Waals surface area contributed by atoms with Gasteiger partial charge in [0.15, 0.2) is 6.10 Å². The van der Waals surface area contributed by atoms with Crippen LogP contribution in [0, 0.1) is 5.92 Å². The molecule has 0 aromatic heterocycles. The van der Waals surface area contributed by atoms with Crippen LogP contribution in [-0.2, 0) is 19.1 Å². The third kappa shape index (κ3) is 31.1. The molecule has 0 aromatic carbocycles. The molecule has 43 heavy (non-hydrogen) atoms. The Morgan fingerprint density at radius 1 is 0.698 bits per heavy atom. The van der Waals surface area contributed by atoms with Crippen LogP contribution in [0.25, 0.3) is 0 Å². The molecule has 0 aliphatic heterocycles. The number of esters is 2. The Hall–Kier alpha value is -2.18. The lowest BCUT2D eigenvalue weighted by atomic mass is 10.0. The van der Waals surface area contributed by atoms with Crippen LogP contribution in [-0.4, -0.2) is 47.6 Å². The topological polar surface area (TPSA) is 93.1 Å². The molecule has 2 atom stereocenters. The Kier molecular flexibility index (Phi) is 29.7. The van der Waals surface area contributed by atoms with Crippen LogP contribution in [0.15, 0.2) is 48.6 Å². The maximum absolute atomic E-state index is 12.1. The molecule has 0 spiro atoms. The Morgan fingerprint density at radius 2 is 1.33 bits per heavy atom. The van der Waals surface area contributed by atoms with Gasteiger partial charge in [-0.15, -0.1) is 0 Å². The second kappa shape index (κ2) is 31.3. The number of carbonyl (C=O) groups excluding carboxylic acids is 2. The molecule has 0 rings (SSSR count). The zero-order chi connectivity index (χ0) is 31.8. The fourth-order valence-electron chi connectivity index (χ4n) is 4.49. The fraction of sp³-hybridized carbons (Fsp3) is 0.730. The molecule has 0 unspecified atom stereocenters. The van der Waals surface area contributed by atoms with E-state index in [4.69, 9.17) is 9.47 Å². The Labute approximate surface area is 263 Å². The van der Waals surface area contributed by atoms with E-state index in [-0.39, 0.29) is 19.0 Å². The van der Waals surface area contributed by atoms with Crippen molar-refractivity contribution in [2.24, 2.45) is 5.92 Å². The average Bonchev–Trinajstić information content (AvgIpc) is 2.98. The first-order valence-electron chi connectivity index (χ1n) is 17.2. The van der Waals surface area contributed by atoms with Gasteiger partial charge in [-0.1, -0.05) is 134 Å². The van der Waals surface area contributed by atoms with Gasteiger partial charge < -0.3 is 19.7 Å². The number of rotatable bonds is 29. The molecule has 0 aromatic rings. The van der Waals surface area contributed by atoms with Crippen LogP contribution in [0.1, 0.15) is 143 Å². The van der Waals surface area contributed by atoms with Crippen LogP contribution in [0.2, 0.25) is 0 Å². The second-order valence-electron chi connectivity index (χ2n) is 11.9. The summed E-state index contributed by atoms with van der Waals surface area (Å²) in [5.74, 6) is -0.00665. The second-order valence-corrected chi connectivity index (χ2v) is 11.9. The molecule has 2 N–H and O–H groups in total. The van der Waals surface area contributed by atoms with E-state index in [1.54, 1.807) is 6.08 Å². The number of aliphatic hydroxyl groups excluding tert-OH is 2. The van der Waals surface area contributed by atoms with Crippen molar-refractivity contribution < 1.29 is 29.3 Å². The number of carbonyl (C=O) groups is 2. The summed E-state index contributed by atoms with van der Waals surface area (Å²) in [6.07, 6.45) is 33.5. The highest BCUT2D eigenvalue weighted by atomic mass is 16.6. The van der Waals surface area contributed by atoms with E-state index in [2.05, 4.69) is 45.1 Å². The number of hydrogen-bond acceptors (Lipinski definition) is 6. The van der Waals surface area contributed by atoms with Crippen molar-refractivity contribution in [1.82, 2.24) is 0 Å². The summed E-state index contributed by atoms with van der Waals surface area (Å²) in [5, 5.41) is 19.6. The zero-order valence-electron chi connectivity index (χ0n) is 27.7. The van der Waals surface area contributed by atoms with Crippen molar-refractivity contribution >= 4 is 11.9 Å². The molecular weight excluding hydrogens is 540 g/mol. The lowest BCUT2D eigenvalue weighted by Crippen LogP contribution is -2.28. The minimum absolute atomic E-state index is 0.126. The Bertz CT molecular complexity index is 767. The molecule has 248 valence electrons. The molecule has 0 heterocycles. The zero-order valence-corrected chi connectivity index (χ0v) is 27.7. The highest BCUT2D eigenvalue weighted by Crippen LogP contribution is 2.13. The van der Waals surface area contributed by atoms with E-state index in [0.29, 0.717) is 19.3 Å². The van der Waals surface area contributed by atoms with Crippen LogP contribution < -0.4 is 0 Å². The van der Waals surface area contributed by atoms with Gasteiger partial charge in [-0.05, 0) is 50.9 Å².